The lowest BCUT2D eigenvalue weighted by atomic mass is 9.92. The van der Waals surface area contributed by atoms with Crippen molar-refractivity contribution in [2.24, 2.45) is 5.92 Å². The highest BCUT2D eigenvalue weighted by Gasteiger charge is 2.41. The molecule has 0 spiro atoms. The number of piperidine rings is 1. The second-order valence-corrected chi connectivity index (χ2v) is 4.11. The zero-order valence-electron chi connectivity index (χ0n) is 8.30. The average Bonchev–Trinajstić information content (AvgIpc) is 2.59. The highest BCUT2D eigenvalue weighted by atomic mass is 16.4. The topological polar surface area (TPSA) is 81.1 Å². The van der Waals surface area contributed by atoms with E-state index in [1.807, 2.05) is 0 Å². The van der Waals surface area contributed by atoms with Crippen molar-refractivity contribution in [1.29, 1.82) is 0 Å². The van der Waals surface area contributed by atoms with Crippen LogP contribution in [0.5, 0.6) is 0 Å². The molecule has 0 aromatic heterocycles. The molecule has 0 bridgehead atoms. The number of hydrogen-bond acceptors (Lipinski definition) is 2. The fourth-order valence-corrected chi connectivity index (χ4v) is 2.55. The smallest absolute Gasteiger partial charge is 0.407 e. The standard InChI is InChI=1S/C9H14N2O4/c12-8(13)10-3-1-6-2-4-11(9(14)15)7(6)5-10/h6-7H,1-5H2,(H,12,13)(H,14,15)/t6?,7-/m1/s1. The van der Waals surface area contributed by atoms with Gasteiger partial charge < -0.3 is 20.0 Å². The summed E-state index contributed by atoms with van der Waals surface area (Å²) in [5.74, 6) is 0.344. The van der Waals surface area contributed by atoms with Crippen molar-refractivity contribution in [2.75, 3.05) is 19.6 Å². The number of nitrogens with zero attached hydrogens (tertiary/aromatic N) is 2. The normalized spacial score (nSPS) is 30.1. The van der Waals surface area contributed by atoms with Gasteiger partial charge in [0.05, 0.1) is 6.04 Å². The summed E-state index contributed by atoms with van der Waals surface area (Å²) in [5, 5.41) is 17.8. The lowest BCUT2D eigenvalue weighted by molar-refractivity contribution is 0.0830. The average molecular weight is 214 g/mol. The fraction of sp³-hybridized carbons (Fsp3) is 0.778. The third kappa shape index (κ3) is 1.71. The van der Waals surface area contributed by atoms with Gasteiger partial charge in [-0.2, -0.15) is 0 Å². The van der Waals surface area contributed by atoms with Gasteiger partial charge in [0.1, 0.15) is 0 Å². The van der Waals surface area contributed by atoms with Crippen molar-refractivity contribution in [3.8, 4) is 0 Å². The van der Waals surface area contributed by atoms with Gasteiger partial charge in [0, 0.05) is 19.6 Å². The molecule has 0 saturated carbocycles. The Morgan fingerprint density at radius 1 is 1.07 bits per heavy atom. The molecule has 2 atom stereocenters. The van der Waals surface area contributed by atoms with Gasteiger partial charge in [0.25, 0.3) is 0 Å². The van der Waals surface area contributed by atoms with E-state index in [1.54, 1.807) is 0 Å². The maximum atomic E-state index is 10.9. The summed E-state index contributed by atoms with van der Waals surface area (Å²) < 4.78 is 0. The molecule has 0 aliphatic carbocycles. The molecule has 0 aromatic carbocycles. The summed E-state index contributed by atoms with van der Waals surface area (Å²) in [7, 11) is 0. The number of likely N-dealkylation sites (tertiary alicyclic amines) is 2. The number of carbonyl (C=O) groups is 2. The maximum absolute atomic E-state index is 10.9. The summed E-state index contributed by atoms with van der Waals surface area (Å²) in [6.45, 7) is 1.40. The largest absolute Gasteiger partial charge is 0.465 e. The molecule has 2 rings (SSSR count). The molecule has 2 fully saturated rings. The third-order valence-electron chi connectivity index (χ3n) is 3.38. The van der Waals surface area contributed by atoms with Gasteiger partial charge >= 0.3 is 12.2 Å². The van der Waals surface area contributed by atoms with E-state index in [-0.39, 0.29) is 6.04 Å². The molecule has 84 valence electrons. The summed E-state index contributed by atoms with van der Waals surface area (Å²) in [6.07, 6.45) is -0.244. The van der Waals surface area contributed by atoms with Crippen molar-refractivity contribution >= 4 is 12.2 Å². The second-order valence-electron chi connectivity index (χ2n) is 4.11. The molecule has 2 saturated heterocycles. The Morgan fingerprint density at radius 3 is 2.33 bits per heavy atom. The van der Waals surface area contributed by atoms with E-state index < -0.39 is 12.2 Å². The van der Waals surface area contributed by atoms with Crippen LogP contribution in [-0.4, -0.2) is 57.9 Å². The molecule has 2 aliphatic heterocycles. The number of amides is 2. The molecular formula is C9H14N2O4. The van der Waals surface area contributed by atoms with Gasteiger partial charge in [-0.15, -0.1) is 0 Å². The van der Waals surface area contributed by atoms with Crippen LogP contribution in [0.25, 0.3) is 0 Å². The van der Waals surface area contributed by atoms with E-state index in [0.29, 0.717) is 25.6 Å². The summed E-state index contributed by atoms with van der Waals surface area (Å²) in [5.41, 5.74) is 0. The maximum Gasteiger partial charge on any atom is 0.407 e. The first-order valence-electron chi connectivity index (χ1n) is 5.07. The Hall–Kier alpha value is -1.46. The molecule has 0 aromatic rings. The predicted octanol–water partition coefficient (Wildman–Crippen LogP) is 0.739. The SMILES string of the molecule is O=C(O)N1CCC2CCN(C(=O)O)[C@@H]2C1. The molecule has 15 heavy (non-hydrogen) atoms. The van der Waals surface area contributed by atoms with Crippen LogP contribution in [0.15, 0.2) is 0 Å². The Labute approximate surface area is 87.1 Å². The number of fused-ring (bicyclic) bond motifs is 1. The predicted molar refractivity (Wildman–Crippen MR) is 50.8 cm³/mol. The summed E-state index contributed by atoms with van der Waals surface area (Å²) >= 11 is 0. The van der Waals surface area contributed by atoms with E-state index in [1.165, 1.54) is 9.80 Å². The minimum absolute atomic E-state index is 0.132. The minimum atomic E-state index is -0.953. The van der Waals surface area contributed by atoms with Crippen molar-refractivity contribution in [3.63, 3.8) is 0 Å². The number of rotatable bonds is 0. The zero-order valence-corrected chi connectivity index (χ0v) is 8.30. The van der Waals surface area contributed by atoms with Gasteiger partial charge in [-0.1, -0.05) is 0 Å². The number of hydrogen-bond donors (Lipinski definition) is 2. The summed E-state index contributed by atoms with van der Waals surface area (Å²) in [4.78, 5) is 24.4. The molecule has 6 heteroatoms. The third-order valence-corrected chi connectivity index (χ3v) is 3.38. The highest BCUT2D eigenvalue weighted by Crippen LogP contribution is 2.31. The molecule has 6 nitrogen and oxygen atoms in total. The van der Waals surface area contributed by atoms with Crippen molar-refractivity contribution in [2.45, 2.75) is 18.9 Å². The van der Waals surface area contributed by atoms with Gasteiger partial charge in [0.2, 0.25) is 0 Å². The quantitative estimate of drug-likeness (QED) is 0.623. The second kappa shape index (κ2) is 3.60. The van der Waals surface area contributed by atoms with Crippen LogP contribution in [0.3, 0.4) is 0 Å². The molecule has 2 amide bonds. The molecular weight excluding hydrogens is 200 g/mol. The number of carboxylic acid groups (broad SMARTS) is 2. The lowest BCUT2D eigenvalue weighted by Gasteiger charge is -2.35. The van der Waals surface area contributed by atoms with Crippen molar-refractivity contribution < 1.29 is 19.8 Å². The van der Waals surface area contributed by atoms with Crippen LogP contribution >= 0.6 is 0 Å². The highest BCUT2D eigenvalue weighted by molar-refractivity contribution is 5.67. The first-order valence-corrected chi connectivity index (χ1v) is 5.07. The Morgan fingerprint density at radius 2 is 1.73 bits per heavy atom. The van der Waals surface area contributed by atoms with E-state index in [0.717, 1.165) is 12.8 Å². The van der Waals surface area contributed by atoms with E-state index in [4.69, 9.17) is 10.2 Å². The van der Waals surface area contributed by atoms with Crippen molar-refractivity contribution in [1.82, 2.24) is 9.80 Å². The van der Waals surface area contributed by atoms with E-state index in [2.05, 4.69) is 0 Å². The monoisotopic (exact) mass is 214 g/mol. The lowest BCUT2D eigenvalue weighted by Crippen LogP contribution is -2.50. The van der Waals surface area contributed by atoms with Crippen LogP contribution in [0.2, 0.25) is 0 Å². The van der Waals surface area contributed by atoms with Crippen LogP contribution in [0.1, 0.15) is 12.8 Å². The first kappa shape index (κ1) is 10.1. The zero-order chi connectivity index (χ0) is 11.0. The van der Waals surface area contributed by atoms with Crippen LogP contribution in [-0.2, 0) is 0 Å². The fourth-order valence-electron chi connectivity index (χ4n) is 2.55. The molecule has 2 heterocycles. The first-order chi connectivity index (χ1) is 7.09. The molecule has 2 N–H and O–H groups in total. The van der Waals surface area contributed by atoms with Gasteiger partial charge in [-0.05, 0) is 18.8 Å². The molecule has 0 radical (unpaired) electrons. The van der Waals surface area contributed by atoms with Crippen molar-refractivity contribution in [3.05, 3.63) is 0 Å². The Balaban J connectivity index is 2.07. The van der Waals surface area contributed by atoms with Crippen LogP contribution in [0.4, 0.5) is 9.59 Å². The Kier molecular flexibility index (Phi) is 2.42. The van der Waals surface area contributed by atoms with E-state index >= 15 is 0 Å². The summed E-state index contributed by atoms with van der Waals surface area (Å²) in [6, 6.07) is -0.132. The van der Waals surface area contributed by atoms with Gasteiger partial charge in [0.15, 0.2) is 0 Å². The minimum Gasteiger partial charge on any atom is -0.465 e. The van der Waals surface area contributed by atoms with Crippen LogP contribution < -0.4 is 0 Å². The van der Waals surface area contributed by atoms with E-state index in [9.17, 15) is 9.59 Å². The van der Waals surface area contributed by atoms with Crippen LogP contribution in [0, 0.1) is 5.92 Å². The Bertz CT molecular complexity index is 294. The van der Waals surface area contributed by atoms with Gasteiger partial charge in [-0.25, -0.2) is 9.59 Å². The van der Waals surface area contributed by atoms with Gasteiger partial charge in [-0.3, -0.25) is 0 Å². The molecule has 2 aliphatic rings. The molecule has 1 unspecified atom stereocenters.